The number of methoxy groups -OCH3 is 1. The Morgan fingerprint density at radius 1 is 1.21 bits per heavy atom. The molecule has 0 unspecified atom stereocenters. The summed E-state index contributed by atoms with van der Waals surface area (Å²) in [5.41, 5.74) is 3.05. The van der Waals surface area contributed by atoms with E-state index in [0.29, 0.717) is 13.0 Å². The SMILES string of the molecule is COCCC(=O)c1cc(C)cc(C)c1. The molecule has 2 nitrogen and oxygen atoms in total. The second-order valence-corrected chi connectivity index (χ2v) is 3.54. The Bertz CT molecular complexity index is 309. The van der Waals surface area contributed by atoms with E-state index in [1.54, 1.807) is 7.11 Å². The van der Waals surface area contributed by atoms with Gasteiger partial charge in [0.2, 0.25) is 0 Å². The Balaban J connectivity index is 2.79. The van der Waals surface area contributed by atoms with Crippen LogP contribution in [0.3, 0.4) is 0 Å². The number of rotatable bonds is 4. The van der Waals surface area contributed by atoms with Gasteiger partial charge in [-0.2, -0.15) is 0 Å². The van der Waals surface area contributed by atoms with Crippen LogP contribution in [0.5, 0.6) is 0 Å². The first-order chi connectivity index (χ1) is 6.63. The van der Waals surface area contributed by atoms with Crippen molar-refractivity contribution in [2.75, 3.05) is 13.7 Å². The molecule has 0 aliphatic rings. The number of ketones is 1. The quantitative estimate of drug-likeness (QED) is 0.685. The first-order valence-electron chi connectivity index (χ1n) is 4.74. The molecule has 0 aliphatic heterocycles. The summed E-state index contributed by atoms with van der Waals surface area (Å²) in [4.78, 5) is 11.6. The Morgan fingerprint density at radius 2 is 1.79 bits per heavy atom. The summed E-state index contributed by atoms with van der Waals surface area (Å²) in [7, 11) is 1.61. The van der Waals surface area contributed by atoms with E-state index < -0.39 is 0 Å². The highest BCUT2D eigenvalue weighted by Crippen LogP contribution is 2.10. The van der Waals surface area contributed by atoms with E-state index in [9.17, 15) is 4.79 Å². The molecule has 14 heavy (non-hydrogen) atoms. The third-order valence-corrected chi connectivity index (χ3v) is 2.08. The lowest BCUT2D eigenvalue weighted by molar-refractivity contribution is 0.0932. The zero-order chi connectivity index (χ0) is 10.6. The second kappa shape index (κ2) is 4.91. The fraction of sp³-hybridized carbons (Fsp3) is 0.417. The molecule has 1 aromatic carbocycles. The summed E-state index contributed by atoms with van der Waals surface area (Å²) < 4.78 is 4.87. The van der Waals surface area contributed by atoms with Gasteiger partial charge in [0.25, 0.3) is 0 Å². The largest absolute Gasteiger partial charge is 0.384 e. The molecule has 0 saturated carbocycles. The van der Waals surface area contributed by atoms with Crippen LogP contribution in [0.25, 0.3) is 0 Å². The number of hydrogen-bond donors (Lipinski definition) is 0. The van der Waals surface area contributed by atoms with E-state index in [0.717, 1.165) is 16.7 Å². The van der Waals surface area contributed by atoms with E-state index in [2.05, 4.69) is 6.07 Å². The van der Waals surface area contributed by atoms with Crippen LogP contribution in [0.15, 0.2) is 18.2 Å². The van der Waals surface area contributed by atoms with Crippen LogP contribution in [-0.2, 0) is 4.74 Å². The van der Waals surface area contributed by atoms with Gasteiger partial charge >= 0.3 is 0 Å². The topological polar surface area (TPSA) is 26.3 Å². The lowest BCUT2D eigenvalue weighted by Crippen LogP contribution is -2.03. The van der Waals surface area contributed by atoms with E-state index in [-0.39, 0.29) is 5.78 Å². The third-order valence-electron chi connectivity index (χ3n) is 2.08. The Morgan fingerprint density at radius 3 is 2.29 bits per heavy atom. The van der Waals surface area contributed by atoms with Crippen LogP contribution in [0.4, 0.5) is 0 Å². The van der Waals surface area contributed by atoms with Gasteiger partial charge in [-0.1, -0.05) is 17.2 Å². The van der Waals surface area contributed by atoms with E-state index in [1.807, 2.05) is 26.0 Å². The van der Waals surface area contributed by atoms with Crippen molar-refractivity contribution in [2.45, 2.75) is 20.3 Å². The lowest BCUT2D eigenvalue weighted by Gasteiger charge is -2.03. The Kier molecular flexibility index (Phi) is 3.84. The van der Waals surface area contributed by atoms with Gasteiger partial charge in [0.1, 0.15) is 0 Å². The molecule has 2 heteroatoms. The molecule has 1 aromatic rings. The average Bonchev–Trinajstić information content (AvgIpc) is 2.12. The number of carbonyl (C=O) groups is 1. The van der Waals surface area contributed by atoms with Crippen LogP contribution in [0.1, 0.15) is 27.9 Å². The van der Waals surface area contributed by atoms with Crippen molar-refractivity contribution in [1.82, 2.24) is 0 Å². The van der Waals surface area contributed by atoms with Crippen molar-refractivity contribution in [3.8, 4) is 0 Å². The molecular formula is C12H16O2. The van der Waals surface area contributed by atoms with E-state index in [1.165, 1.54) is 0 Å². The summed E-state index contributed by atoms with van der Waals surface area (Å²) in [6, 6.07) is 5.91. The first kappa shape index (κ1) is 10.9. The molecule has 0 atom stereocenters. The highest BCUT2D eigenvalue weighted by Gasteiger charge is 2.05. The van der Waals surface area contributed by atoms with Gasteiger partial charge in [0.15, 0.2) is 5.78 Å². The lowest BCUT2D eigenvalue weighted by atomic mass is 10.0. The van der Waals surface area contributed by atoms with Crippen LogP contribution in [0.2, 0.25) is 0 Å². The molecular weight excluding hydrogens is 176 g/mol. The maximum atomic E-state index is 11.6. The fourth-order valence-electron chi connectivity index (χ4n) is 1.47. The zero-order valence-electron chi connectivity index (χ0n) is 8.96. The molecule has 76 valence electrons. The van der Waals surface area contributed by atoms with Crippen molar-refractivity contribution in [2.24, 2.45) is 0 Å². The smallest absolute Gasteiger partial charge is 0.165 e. The molecule has 0 N–H and O–H groups in total. The number of hydrogen-bond acceptors (Lipinski definition) is 2. The molecule has 0 aromatic heterocycles. The van der Waals surface area contributed by atoms with Gasteiger partial charge < -0.3 is 4.74 Å². The maximum Gasteiger partial charge on any atom is 0.165 e. The van der Waals surface area contributed by atoms with Gasteiger partial charge in [0, 0.05) is 19.1 Å². The molecule has 1 rings (SSSR count). The zero-order valence-corrected chi connectivity index (χ0v) is 8.96. The molecule has 0 bridgehead atoms. The normalized spacial score (nSPS) is 10.2. The highest BCUT2D eigenvalue weighted by molar-refractivity contribution is 5.96. The predicted octanol–water partition coefficient (Wildman–Crippen LogP) is 2.52. The van der Waals surface area contributed by atoms with Crippen LogP contribution < -0.4 is 0 Å². The number of carbonyl (C=O) groups excluding carboxylic acids is 1. The fourth-order valence-corrected chi connectivity index (χ4v) is 1.47. The maximum absolute atomic E-state index is 11.6. The first-order valence-corrected chi connectivity index (χ1v) is 4.74. The van der Waals surface area contributed by atoms with Crippen LogP contribution >= 0.6 is 0 Å². The Hall–Kier alpha value is -1.15. The minimum atomic E-state index is 0.152. The van der Waals surface area contributed by atoms with Crippen molar-refractivity contribution in [3.63, 3.8) is 0 Å². The molecule has 0 aliphatic carbocycles. The molecule has 0 spiro atoms. The molecule has 0 fully saturated rings. The van der Waals surface area contributed by atoms with Gasteiger partial charge in [-0.25, -0.2) is 0 Å². The minimum Gasteiger partial charge on any atom is -0.384 e. The third kappa shape index (κ3) is 2.96. The monoisotopic (exact) mass is 192 g/mol. The van der Waals surface area contributed by atoms with Crippen molar-refractivity contribution >= 4 is 5.78 Å². The predicted molar refractivity (Wildman–Crippen MR) is 56.7 cm³/mol. The highest BCUT2D eigenvalue weighted by atomic mass is 16.5. The minimum absolute atomic E-state index is 0.152. The summed E-state index contributed by atoms with van der Waals surface area (Å²) in [5.74, 6) is 0.152. The van der Waals surface area contributed by atoms with Crippen LogP contribution in [-0.4, -0.2) is 19.5 Å². The molecule has 0 amide bonds. The van der Waals surface area contributed by atoms with Gasteiger partial charge in [-0.05, 0) is 26.0 Å². The molecule has 0 heterocycles. The Labute approximate surface area is 84.9 Å². The van der Waals surface area contributed by atoms with Crippen molar-refractivity contribution < 1.29 is 9.53 Å². The average molecular weight is 192 g/mol. The summed E-state index contributed by atoms with van der Waals surface area (Å²) in [6.07, 6.45) is 0.458. The molecule has 0 radical (unpaired) electrons. The number of Topliss-reactive ketones (excluding diaryl/α,β-unsaturated/α-hetero) is 1. The summed E-state index contributed by atoms with van der Waals surface area (Å²) >= 11 is 0. The standard InChI is InChI=1S/C12H16O2/c1-9-6-10(2)8-11(7-9)12(13)4-5-14-3/h6-8H,4-5H2,1-3H3. The van der Waals surface area contributed by atoms with Gasteiger partial charge in [-0.15, -0.1) is 0 Å². The van der Waals surface area contributed by atoms with Gasteiger partial charge in [-0.3, -0.25) is 4.79 Å². The van der Waals surface area contributed by atoms with Gasteiger partial charge in [0.05, 0.1) is 6.61 Å². The van der Waals surface area contributed by atoms with Crippen molar-refractivity contribution in [3.05, 3.63) is 34.9 Å². The van der Waals surface area contributed by atoms with E-state index in [4.69, 9.17) is 4.74 Å². The van der Waals surface area contributed by atoms with Crippen molar-refractivity contribution in [1.29, 1.82) is 0 Å². The summed E-state index contributed by atoms with van der Waals surface area (Å²) in [5, 5.41) is 0. The number of benzene rings is 1. The van der Waals surface area contributed by atoms with Crippen LogP contribution in [0, 0.1) is 13.8 Å². The van der Waals surface area contributed by atoms with E-state index >= 15 is 0 Å². The summed E-state index contributed by atoms with van der Waals surface area (Å²) in [6.45, 7) is 4.49. The number of aryl methyl sites for hydroxylation is 2. The number of ether oxygens (including phenoxy) is 1. The molecule has 0 saturated heterocycles. The second-order valence-electron chi connectivity index (χ2n) is 3.54.